The summed E-state index contributed by atoms with van der Waals surface area (Å²) in [4.78, 5) is 10.6. The van der Waals surface area contributed by atoms with Crippen LogP contribution in [0.4, 0.5) is 0 Å². The van der Waals surface area contributed by atoms with Gasteiger partial charge in [-0.1, -0.05) is 24.3 Å². The molecule has 0 aliphatic carbocycles. The summed E-state index contributed by atoms with van der Waals surface area (Å²) >= 11 is 0. The third kappa shape index (κ3) is 3.42. The fourth-order valence-corrected chi connectivity index (χ4v) is 2.61. The van der Waals surface area contributed by atoms with Gasteiger partial charge in [0.25, 0.3) is 0 Å². The average Bonchev–Trinajstić information content (AvgIpc) is 2.69. The van der Waals surface area contributed by atoms with Crippen molar-refractivity contribution >= 4 is 18.9 Å². The van der Waals surface area contributed by atoms with Crippen molar-refractivity contribution in [2.75, 3.05) is 7.05 Å². The Morgan fingerprint density at radius 1 is 1.23 bits per heavy atom. The van der Waals surface area contributed by atoms with E-state index in [1.54, 1.807) is 0 Å². The van der Waals surface area contributed by atoms with E-state index in [1.807, 2.05) is 19.2 Å². The molecule has 0 aromatic heterocycles. The second kappa shape index (κ2) is 6.53. The largest absolute Gasteiger partial charge is 0.494 e. The molecular weight excluding hydrogens is 277 g/mol. The smallest absolute Gasteiger partial charge is 0.399 e. The van der Waals surface area contributed by atoms with Gasteiger partial charge >= 0.3 is 7.12 Å². The quantitative estimate of drug-likeness (QED) is 0.647. The lowest BCUT2D eigenvalue weighted by Gasteiger charge is -2.32. The van der Waals surface area contributed by atoms with Gasteiger partial charge in [-0.2, -0.15) is 0 Å². The topological polar surface area (TPSA) is 47.6 Å². The summed E-state index contributed by atoms with van der Waals surface area (Å²) in [6.45, 7) is 8.21. The Balaban J connectivity index is 2.20. The van der Waals surface area contributed by atoms with Crippen LogP contribution in [-0.4, -0.2) is 31.7 Å². The van der Waals surface area contributed by atoms with Gasteiger partial charge in [-0.15, -0.1) is 0 Å². The molecule has 0 bridgehead atoms. The van der Waals surface area contributed by atoms with Gasteiger partial charge < -0.3 is 19.4 Å². The van der Waals surface area contributed by atoms with Gasteiger partial charge in [0.2, 0.25) is 0 Å². The van der Waals surface area contributed by atoms with Crippen LogP contribution in [0.5, 0.6) is 0 Å². The van der Waals surface area contributed by atoms with Gasteiger partial charge in [-0.05, 0) is 52.2 Å². The van der Waals surface area contributed by atoms with Crippen LogP contribution in [0.25, 0.3) is 0 Å². The first kappa shape index (κ1) is 17.2. The summed E-state index contributed by atoms with van der Waals surface area (Å²) in [6, 6.07) is 8.38. The highest BCUT2D eigenvalue weighted by Crippen LogP contribution is 2.36. The van der Waals surface area contributed by atoms with Crippen molar-refractivity contribution in [3.63, 3.8) is 0 Å². The zero-order valence-corrected chi connectivity index (χ0v) is 14.2. The molecule has 4 nitrogen and oxygen atoms in total. The number of carbonyl (C=O) groups is 1. The zero-order valence-electron chi connectivity index (χ0n) is 14.2. The number of nitrogens with one attached hydrogen (secondary N) is 1. The molecule has 2 rings (SSSR count). The Morgan fingerprint density at radius 2 is 1.86 bits per heavy atom. The van der Waals surface area contributed by atoms with E-state index in [4.69, 9.17) is 9.31 Å². The molecule has 120 valence electrons. The maximum atomic E-state index is 10.6. The van der Waals surface area contributed by atoms with Crippen molar-refractivity contribution in [3.05, 3.63) is 29.8 Å². The second-order valence-corrected chi connectivity index (χ2v) is 6.84. The normalized spacial score (nSPS) is 20.9. The van der Waals surface area contributed by atoms with E-state index in [9.17, 15) is 4.79 Å². The minimum Gasteiger partial charge on any atom is -0.399 e. The molecule has 0 saturated carbocycles. The van der Waals surface area contributed by atoms with Gasteiger partial charge in [-0.25, -0.2) is 0 Å². The first-order valence-corrected chi connectivity index (χ1v) is 7.87. The third-order valence-corrected chi connectivity index (χ3v) is 4.76. The molecule has 5 heteroatoms. The minimum absolute atomic E-state index is 0.160. The van der Waals surface area contributed by atoms with Crippen LogP contribution in [0.2, 0.25) is 0 Å². The van der Waals surface area contributed by atoms with Gasteiger partial charge in [0.1, 0.15) is 6.29 Å². The molecule has 1 aliphatic rings. The fraction of sp³-hybridized carbons (Fsp3) is 0.588. The first-order valence-electron chi connectivity index (χ1n) is 7.87. The van der Waals surface area contributed by atoms with E-state index in [2.05, 4.69) is 45.1 Å². The van der Waals surface area contributed by atoms with Gasteiger partial charge in [-0.3, -0.25) is 0 Å². The van der Waals surface area contributed by atoms with Gasteiger partial charge in [0.15, 0.2) is 0 Å². The fourth-order valence-electron chi connectivity index (χ4n) is 2.61. The van der Waals surface area contributed by atoms with Crippen molar-refractivity contribution in [2.24, 2.45) is 0 Å². The Morgan fingerprint density at radius 3 is 2.41 bits per heavy atom. The molecule has 22 heavy (non-hydrogen) atoms. The van der Waals surface area contributed by atoms with E-state index in [0.29, 0.717) is 6.42 Å². The van der Waals surface area contributed by atoms with Crippen molar-refractivity contribution in [3.8, 4) is 0 Å². The highest BCUT2D eigenvalue weighted by atomic mass is 16.7. The SMILES string of the molecule is CNC(CCC=O)c1cccc(B2OC(C)(C)C(C)(C)O2)c1. The van der Waals surface area contributed by atoms with Crippen molar-refractivity contribution < 1.29 is 14.1 Å². The molecule has 1 heterocycles. The summed E-state index contributed by atoms with van der Waals surface area (Å²) < 4.78 is 12.2. The van der Waals surface area contributed by atoms with Crippen LogP contribution in [-0.2, 0) is 14.1 Å². The van der Waals surface area contributed by atoms with Crippen LogP contribution in [0.1, 0.15) is 52.1 Å². The van der Waals surface area contributed by atoms with Crippen molar-refractivity contribution in [2.45, 2.75) is 57.8 Å². The Labute approximate surface area is 133 Å². The molecule has 1 aromatic carbocycles. The third-order valence-electron chi connectivity index (χ3n) is 4.76. The molecule has 0 amide bonds. The molecule has 0 radical (unpaired) electrons. The van der Waals surface area contributed by atoms with E-state index in [0.717, 1.165) is 23.7 Å². The lowest BCUT2D eigenvalue weighted by Crippen LogP contribution is -2.41. The first-order chi connectivity index (χ1) is 10.3. The monoisotopic (exact) mass is 303 g/mol. The highest BCUT2D eigenvalue weighted by Gasteiger charge is 2.51. The summed E-state index contributed by atoms with van der Waals surface area (Å²) in [7, 11) is 1.56. The lowest BCUT2D eigenvalue weighted by atomic mass is 9.77. The molecule has 1 N–H and O–H groups in total. The van der Waals surface area contributed by atoms with Crippen LogP contribution >= 0.6 is 0 Å². The summed E-state index contributed by atoms with van der Waals surface area (Å²) in [5.74, 6) is 0. The molecule has 1 fully saturated rings. The molecule has 1 aliphatic heterocycles. The average molecular weight is 303 g/mol. The lowest BCUT2D eigenvalue weighted by molar-refractivity contribution is -0.108. The van der Waals surface area contributed by atoms with E-state index >= 15 is 0 Å². The predicted molar refractivity (Wildman–Crippen MR) is 89.3 cm³/mol. The molecule has 0 spiro atoms. The molecule has 1 atom stereocenters. The Hall–Kier alpha value is -1.17. The maximum absolute atomic E-state index is 10.6. The maximum Gasteiger partial charge on any atom is 0.494 e. The van der Waals surface area contributed by atoms with Crippen molar-refractivity contribution in [1.29, 1.82) is 0 Å². The van der Waals surface area contributed by atoms with Crippen LogP contribution in [0.3, 0.4) is 0 Å². The Bertz CT molecular complexity index is 514. The highest BCUT2D eigenvalue weighted by molar-refractivity contribution is 6.62. The molecule has 1 aromatic rings. The van der Waals surface area contributed by atoms with Crippen molar-refractivity contribution in [1.82, 2.24) is 5.32 Å². The predicted octanol–water partition coefficient (Wildman–Crippen LogP) is 2.23. The number of aldehydes is 1. The van der Waals surface area contributed by atoms with E-state index in [-0.39, 0.29) is 24.4 Å². The molecule has 1 unspecified atom stereocenters. The Kier molecular flexibility index (Phi) is 5.10. The standard InChI is InChI=1S/C17H26BNO3/c1-16(2)17(3,4)22-18(21-16)14-9-6-8-13(12-14)15(19-5)10-7-11-20/h6,8-9,11-12,15,19H,7,10H2,1-5H3. The van der Waals surface area contributed by atoms with Gasteiger partial charge in [0.05, 0.1) is 11.2 Å². The molecule has 1 saturated heterocycles. The number of hydrogen-bond acceptors (Lipinski definition) is 4. The summed E-state index contributed by atoms with van der Waals surface area (Å²) in [5.41, 5.74) is 1.49. The van der Waals surface area contributed by atoms with Crippen LogP contribution in [0.15, 0.2) is 24.3 Å². The minimum atomic E-state index is -0.353. The van der Waals surface area contributed by atoms with Crippen LogP contribution in [0, 0.1) is 0 Å². The zero-order chi connectivity index (χ0) is 16.4. The molecular formula is C17H26BNO3. The number of carbonyl (C=O) groups excluding carboxylic acids is 1. The van der Waals surface area contributed by atoms with Crippen LogP contribution < -0.4 is 10.8 Å². The number of rotatable bonds is 6. The van der Waals surface area contributed by atoms with E-state index in [1.165, 1.54) is 0 Å². The summed E-state index contributed by atoms with van der Waals surface area (Å²) in [6.07, 6.45) is 2.29. The van der Waals surface area contributed by atoms with Gasteiger partial charge in [0, 0.05) is 12.5 Å². The van der Waals surface area contributed by atoms with E-state index < -0.39 is 0 Å². The number of hydrogen-bond donors (Lipinski definition) is 1. The second-order valence-electron chi connectivity index (χ2n) is 6.84. The number of benzene rings is 1. The summed E-state index contributed by atoms with van der Waals surface area (Å²) in [5, 5.41) is 3.26.